The van der Waals surface area contributed by atoms with Crippen LogP contribution in [-0.4, -0.2) is 57.5 Å². The SMILES string of the molecule is CCCC1(C(=O)O)CCCN1CC(=O)N(C(C)C)C(C)C. The monoisotopic (exact) mass is 298 g/mol. The topological polar surface area (TPSA) is 60.9 Å². The predicted octanol–water partition coefficient (Wildman–Crippen LogP) is 2.35. The van der Waals surface area contributed by atoms with E-state index in [1.54, 1.807) is 0 Å². The second-order valence-corrected chi connectivity index (χ2v) is 6.60. The van der Waals surface area contributed by atoms with E-state index in [0.29, 0.717) is 19.4 Å². The molecule has 1 aliphatic heterocycles. The molecule has 0 aliphatic carbocycles. The molecule has 1 heterocycles. The fourth-order valence-corrected chi connectivity index (χ4v) is 3.63. The molecular formula is C16H30N2O3. The number of rotatable bonds is 7. The summed E-state index contributed by atoms with van der Waals surface area (Å²) < 4.78 is 0. The molecule has 1 N–H and O–H groups in total. The molecule has 1 amide bonds. The number of hydrogen-bond acceptors (Lipinski definition) is 3. The summed E-state index contributed by atoms with van der Waals surface area (Å²) in [4.78, 5) is 28.1. The van der Waals surface area contributed by atoms with Crippen molar-refractivity contribution >= 4 is 11.9 Å². The normalized spacial score (nSPS) is 23.0. The fraction of sp³-hybridized carbons (Fsp3) is 0.875. The third-order valence-electron chi connectivity index (χ3n) is 4.41. The molecular weight excluding hydrogens is 268 g/mol. The summed E-state index contributed by atoms with van der Waals surface area (Å²) in [5.41, 5.74) is -0.843. The standard InChI is InChI=1S/C16H30N2O3/c1-6-8-16(15(20)21)9-7-10-17(16)11-14(19)18(12(2)3)13(4)5/h12-13H,6-11H2,1-5H3,(H,20,21). The van der Waals surface area contributed by atoms with Crippen molar-refractivity contribution in [3.63, 3.8) is 0 Å². The summed E-state index contributed by atoms with van der Waals surface area (Å²) in [6.45, 7) is 10.9. The van der Waals surface area contributed by atoms with Crippen LogP contribution in [0.5, 0.6) is 0 Å². The number of carboxylic acid groups (broad SMARTS) is 1. The Morgan fingerprint density at radius 1 is 1.24 bits per heavy atom. The summed E-state index contributed by atoms with van der Waals surface area (Å²) in [7, 11) is 0. The second kappa shape index (κ2) is 7.25. The van der Waals surface area contributed by atoms with Crippen LogP contribution >= 0.6 is 0 Å². The lowest BCUT2D eigenvalue weighted by Gasteiger charge is -2.37. The van der Waals surface area contributed by atoms with Gasteiger partial charge in [0.05, 0.1) is 6.54 Å². The Morgan fingerprint density at radius 2 is 1.81 bits per heavy atom. The van der Waals surface area contributed by atoms with Gasteiger partial charge in [-0.15, -0.1) is 0 Å². The van der Waals surface area contributed by atoms with Crippen molar-refractivity contribution in [2.75, 3.05) is 13.1 Å². The minimum absolute atomic E-state index is 0.0311. The number of carbonyl (C=O) groups excluding carboxylic acids is 1. The average molecular weight is 298 g/mol. The highest BCUT2D eigenvalue weighted by Crippen LogP contribution is 2.34. The Kier molecular flexibility index (Phi) is 6.20. The Morgan fingerprint density at radius 3 is 2.24 bits per heavy atom. The van der Waals surface area contributed by atoms with Gasteiger partial charge >= 0.3 is 5.97 Å². The van der Waals surface area contributed by atoms with Crippen LogP contribution in [0.15, 0.2) is 0 Å². The quantitative estimate of drug-likeness (QED) is 0.784. The Hall–Kier alpha value is -1.10. The molecule has 1 saturated heterocycles. The van der Waals surface area contributed by atoms with Gasteiger partial charge in [0.15, 0.2) is 0 Å². The number of hydrogen-bond donors (Lipinski definition) is 1. The van der Waals surface area contributed by atoms with E-state index >= 15 is 0 Å². The largest absolute Gasteiger partial charge is 0.480 e. The molecule has 1 fully saturated rings. The number of carboxylic acids is 1. The lowest BCUT2D eigenvalue weighted by molar-refractivity contribution is -0.152. The summed E-state index contributed by atoms with van der Waals surface area (Å²) in [6.07, 6.45) is 2.92. The van der Waals surface area contributed by atoms with Crippen LogP contribution in [0.3, 0.4) is 0 Å². The second-order valence-electron chi connectivity index (χ2n) is 6.60. The van der Waals surface area contributed by atoms with Crippen molar-refractivity contribution in [1.82, 2.24) is 9.80 Å². The molecule has 21 heavy (non-hydrogen) atoms. The van der Waals surface area contributed by atoms with Gasteiger partial charge in [-0.1, -0.05) is 13.3 Å². The highest BCUT2D eigenvalue weighted by molar-refractivity contribution is 5.83. The van der Waals surface area contributed by atoms with Crippen molar-refractivity contribution < 1.29 is 14.7 Å². The predicted molar refractivity (Wildman–Crippen MR) is 83.2 cm³/mol. The highest BCUT2D eigenvalue weighted by atomic mass is 16.4. The van der Waals surface area contributed by atoms with Gasteiger partial charge in [0.2, 0.25) is 5.91 Å². The third-order valence-corrected chi connectivity index (χ3v) is 4.41. The third kappa shape index (κ3) is 3.76. The van der Waals surface area contributed by atoms with Gasteiger partial charge in [0.1, 0.15) is 5.54 Å². The minimum atomic E-state index is -0.843. The first kappa shape index (κ1) is 18.0. The van der Waals surface area contributed by atoms with Crippen LogP contribution in [0.25, 0.3) is 0 Å². The first-order chi connectivity index (χ1) is 9.76. The zero-order valence-corrected chi connectivity index (χ0v) is 14.1. The first-order valence-electron chi connectivity index (χ1n) is 8.06. The molecule has 0 saturated carbocycles. The van der Waals surface area contributed by atoms with Gasteiger partial charge in [-0.3, -0.25) is 14.5 Å². The van der Waals surface area contributed by atoms with E-state index in [-0.39, 0.29) is 24.5 Å². The van der Waals surface area contributed by atoms with Crippen LogP contribution in [0.2, 0.25) is 0 Å². The molecule has 0 spiro atoms. The van der Waals surface area contributed by atoms with E-state index < -0.39 is 11.5 Å². The van der Waals surface area contributed by atoms with Crippen molar-refractivity contribution in [3.8, 4) is 0 Å². The summed E-state index contributed by atoms with van der Waals surface area (Å²) in [5, 5.41) is 9.67. The van der Waals surface area contributed by atoms with Gasteiger partial charge in [-0.2, -0.15) is 0 Å². The highest BCUT2D eigenvalue weighted by Gasteiger charge is 2.47. The zero-order valence-electron chi connectivity index (χ0n) is 14.1. The molecule has 0 radical (unpaired) electrons. The van der Waals surface area contributed by atoms with Crippen molar-refractivity contribution in [2.24, 2.45) is 0 Å². The molecule has 5 nitrogen and oxygen atoms in total. The van der Waals surface area contributed by atoms with Crippen LogP contribution < -0.4 is 0 Å². The smallest absolute Gasteiger partial charge is 0.324 e. The van der Waals surface area contributed by atoms with Crippen LogP contribution in [0.1, 0.15) is 60.3 Å². The van der Waals surface area contributed by atoms with E-state index in [1.807, 2.05) is 44.4 Å². The molecule has 1 atom stereocenters. The summed E-state index contributed by atoms with van der Waals surface area (Å²) in [6, 6.07) is 0.260. The Balaban J connectivity index is 2.89. The van der Waals surface area contributed by atoms with Gasteiger partial charge in [0.25, 0.3) is 0 Å². The maximum absolute atomic E-state index is 12.6. The van der Waals surface area contributed by atoms with E-state index in [1.165, 1.54) is 0 Å². The van der Waals surface area contributed by atoms with Crippen molar-refractivity contribution in [2.45, 2.75) is 77.9 Å². The number of aliphatic carboxylic acids is 1. The minimum Gasteiger partial charge on any atom is -0.480 e. The molecule has 1 unspecified atom stereocenters. The average Bonchev–Trinajstić information content (AvgIpc) is 2.72. The van der Waals surface area contributed by atoms with E-state index in [9.17, 15) is 14.7 Å². The number of amides is 1. The molecule has 0 bridgehead atoms. The lowest BCUT2D eigenvalue weighted by atomic mass is 9.90. The van der Waals surface area contributed by atoms with Gasteiger partial charge in [-0.05, 0) is 53.5 Å². The van der Waals surface area contributed by atoms with Gasteiger partial charge in [-0.25, -0.2) is 0 Å². The van der Waals surface area contributed by atoms with E-state index in [4.69, 9.17) is 0 Å². The van der Waals surface area contributed by atoms with Crippen molar-refractivity contribution in [3.05, 3.63) is 0 Å². The molecule has 1 rings (SSSR count). The molecule has 0 aromatic rings. The summed E-state index contributed by atoms with van der Waals surface area (Å²) >= 11 is 0. The molecule has 0 aromatic heterocycles. The molecule has 5 heteroatoms. The summed E-state index contributed by atoms with van der Waals surface area (Å²) in [5.74, 6) is -0.751. The maximum Gasteiger partial charge on any atom is 0.324 e. The van der Waals surface area contributed by atoms with Crippen LogP contribution in [0.4, 0.5) is 0 Å². The van der Waals surface area contributed by atoms with E-state index in [0.717, 1.165) is 12.8 Å². The zero-order chi connectivity index (χ0) is 16.2. The molecule has 1 aliphatic rings. The fourth-order valence-electron chi connectivity index (χ4n) is 3.63. The van der Waals surface area contributed by atoms with Crippen LogP contribution in [0, 0.1) is 0 Å². The Labute approximate surface area is 128 Å². The number of carbonyl (C=O) groups is 2. The van der Waals surface area contributed by atoms with E-state index in [2.05, 4.69) is 0 Å². The molecule has 0 aromatic carbocycles. The van der Waals surface area contributed by atoms with Gasteiger partial charge in [0, 0.05) is 12.1 Å². The lowest BCUT2D eigenvalue weighted by Crippen LogP contribution is -2.55. The maximum atomic E-state index is 12.6. The number of nitrogens with zero attached hydrogens (tertiary/aromatic N) is 2. The first-order valence-corrected chi connectivity index (χ1v) is 8.06. The van der Waals surface area contributed by atoms with Crippen LogP contribution in [-0.2, 0) is 9.59 Å². The number of likely N-dealkylation sites (tertiary alicyclic amines) is 1. The molecule has 122 valence electrons. The van der Waals surface area contributed by atoms with Gasteiger partial charge < -0.3 is 10.0 Å². The van der Waals surface area contributed by atoms with Crippen molar-refractivity contribution in [1.29, 1.82) is 0 Å². The Bertz CT molecular complexity index is 374.